The van der Waals surface area contributed by atoms with E-state index in [-0.39, 0.29) is 17.8 Å². The number of methoxy groups -OCH3 is 2. The number of aromatic nitrogens is 2. The number of hydrogen-bond donors (Lipinski definition) is 2. The van der Waals surface area contributed by atoms with Gasteiger partial charge in [-0.1, -0.05) is 25.3 Å². The van der Waals surface area contributed by atoms with Gasteiger partial charge in [0.15, 0.2) is 0 Å². The molecular formula is C21H33N3O6. The predicted molar refractivity (Wildman–Crippen MR) is 113 cm³/mol. The van der Waals surface area contributed by atoms with Crippen molar-refractivity contribution in [3.05, 3.63) is 45.3 Å². The Kier molecular flexibility index (Phi) is 9.99. The lowest BCUT2D eigenvalue weighted by molar-refractivity contribution is -0.0618. The van der Waals surface area contributed by atoms with Crippen molar-refractivity contribution in [2.75, 3.05) is 27.4 Å². The predicted octanol–water partition coefficient (Wildman–Crippen LogP) is 1.74. The molecule has 0 aliphatic carbocycles. The van der Waals surface area contributed by atoms with E-state index in [1.165, 1.54) is 10.8 Å². The summed E-state index contributed by atoms with van der Waals surface area (Å²) in [7, 11) is 3.12. The fourth-order valence-electron chi connectivity index (χ4n) is 3.54. The molecule has 0 spiro atoms. The SMILES string of the molecule is C=CCCCCCCCNC(=O)c1cn([C@H]2C[C@@H](OC)[C@@H](COC)O2)c(=O)[nH]c1=O. The Hall–Kier alpha value is -2.23. The molecule has 9 nitrogen and oxygen atoms in total. The minimum absolute atomic E-state index is 0.117. The number of aromatic amines is 1. The van der Waals surface area contributed by atoms with Gasteiger partial charge in [0.25, 0.3) is 11.5 Å². The number of rotatable bonds is 13. The van der Waals surface area contributed by atoms with Crippen molar-refractivity contribution < 1.29 is 19.0 Å². The van der Waals surface area contributed by atoms with Crippen LogP contribution in [0.5, 0.6) is 0 Å². The minimum atomic E-state index is -0.715. The monoisotopic (exact) mass is 423 g/mol. The summed E-state index contributed by atoms with van der Waals surface area (Å²) < 4.78 is 17.6. The molecular weight excluding hydrogens is 390 g/mol. The van der Waals surface area contributed by atoms with Crippen LogP contribution in [0.2, 0.25) is 0 Å². The summed E-state index contributed by atoms with van der Waals surface area (Å²) in [4.78, 5) is 39.1. The number of carbonyl (C=O) groups excluding carboxylic acids is 1. The number of ether oxygens (including phenoxy) is 3. The normalized spacial score (nSPS) is 20.9. The Morgan fingerprint density at radius 2 is 2.03 bits per heavy atom. The van der Waals surface area contributed by atoms with Crippen molar-refractivity contribution in [1.29, 1.82) is 0 Å². The smallest absolute Gasteiger partial charge is 0.330 e. The first-order chi connectivity index (χ1) is 14.5. The largest absolute Gasteiger partial charge is 0.382 e. The lowest BCUT2D eigenvalue weighted by Crippen LogP contribution is -2.38. The third kappa shape index (κ3) is 6.65. The van der Waals surface area contributed by atoms with E-state index in [1.807, 2.05) is 6.08 Å². The number of hydrogen-bond acceptors (Lipinski definition) is 6. The summed E-state index contributed by atoms with van der Waals surface area (Å²) in [5, 5.41) is 2.75. The maximum atomic E-state index is 12.5. The Morgan fingerprint density at radius 3 is 2.73 bits per heavy atom. The number of carbonyl (C=O) groups is 1. The number of H-pyrrole nitrogens is 1. The van der Waals surface area contributed by atoms with Gasteiger partial charge in [-0.15, -0.1) is 6.58 Å². The molecule has 1 aromatic rings. The Morgan fingerprint density at radius 1 is 1.30 bits per heavy atom. The quantitative estimate of drug-likeness (QED) is 0.369. The molecule has 1 fully saturated rings. The average molecular weight is 424 g/mol. The average Bonchev–Trinajstić information content (AvgIpc) is 3.13. The molecule has 168 valence electrons. The molecule has 0 bridgehead atoms. The van der Waals surface area contributed by atoms with Crippen LogP contribution in [0.3, 0.4) is 0 Å². The minimum Gasteiger partial charge on any atom is -0.382 e. The summed E-state index contributed by atoms with van der Waals surface area (Å²) in [5.74, 6) is -0.508. The molecule has 1 aliphatic rings. The van der Waals surface area contributed by atoms with Crippen LogP contribution < -0.4 is 16.6 Å². The summed E-state index contributed by atoms with van der Waals surface area (Å²) >= 11 is 0. The molecule has 0 radical (unpaired) electrons. The molecule has 0 saturated carbocycles. The Labute approximate surface area is 176 Å². The van der Waals surface area contributed by atoms with Gasteiger partial charge in [-0.3, -0.25) is 19.1 Å². The first-order valence-corrected chi connectivity index (χ1v) is 10.4. The molecule has 0 aromatic carbocycles. The molecule has 2 rings (SSSR count). The first-order valence-electron chi connectivity index (χ1n) is 10.4. The Balaban J connectivity index is 1.96. The number of allylic oxidation sites excluding steroid dienone is 1. The van der Waals surface area contributed by atoms with E-state index >= 15 is 0 Å². The highest BCUT2D eigenvalue weighted by molar-refractivity contribution is 5.93. The van der Waals surface area contributed by atoms with Gasteiger partial charge in [0.05, 0.1) is 12.7 Å². The highest BCUT2D eigenvalue weighted by Gasteiger charge is 2.37. The third-order valence-corrected chi connectivity index (χ3v) is 5.21. The maximum Gasteiger partial charge on any atom is 0.330 e. The standard InChI is InChI=1S/C21H33N3O6/c1-4-5-6-7-8-9-10-11-22-19(25)15-13-24(21(27)23-20(15)26)18-12-16(29-3)17(30-18)14-28-2/h4,13,16-18H,1,5-12,14H2,2-3H3,(H,22,25)(H,23,26,27)/t16-,17-,18-/m1/s1. The zero-order valence-electron chi connectivity index (χ0n) is 17.9. The molecule has 1 aromatic heterocycles. The second kappa shape index (κ2) is 12.5. The van der Waals surface area contributed by atoms with Gasteiger partial charge in [0, 0.05) is 33.4 Å². The summed E-state index contributed by atoms with van der Waals surface area (Å²) in [6.07, 6.45) is 8.56. The van der Waals surface area contributed by atoms with E-state index in [1.54, 1.807) is 14.2 Å². The molecule has 9 heteroatoms. The Bertz CT molecular complexity index is 803. The van der Waals surface area contributed by atoms with E-state index in [2.05, 4.69) is 16.9 Å². The van der Waals surface area contributed by atoms with Gasteiger partial charge in [-0.05, 0) is 19.3 Å². The van der Waals surface area contributed by atoms with Crippen LogP contribution in [0, 0.1) is 0 Å². The fourth-order valence-corrected chi connectivity index (χ4v) is 3.54. The van der Waals surface area contributed by atoms with Gasteiger partial charge < -0.3 is 19.5 Å². The van der Waals surface area contributed by atoms with Crippen LogP contribution in [0.15, 0.2) is 28.4 Å². The maximum absolute atomic E-state index is 12.5. The van der Waals surface area contributed by atoms with Gasteiger partial charge >= 0.3 is 5.69 Å². The molecule has 0 unspecified atom stereocenters. The molecule has 1 amide bonds. The van der Waals surface area contributed by atoms with Crippen molar-refractivity contribution in [3.63, 3.8) is 0 Å². The lowest BCUT2D eigenvalue weighted by Gasteiger charge is -2.16. The first kappa shape index (κ1) is 24.0. The summed E-state index contributed by atoms with van der Waals surface area (Å²) in [5.41, 5.74) is -1.46. The number of nitrogens with zero attached hydrogens (tertiary/aromatic N) is 1. The zero-order valence-corrected chi connectivity index (χ0v) is 17.9. The third-order valence-electron chi connectivity index (χ3n) is 5.21. The molecule has 1 aliphatic heterocycles. The van der Waals surface area contributed by atoms with E-state index in [4.69, 9.17) is 14.2 Å². The van der Waals surface area contributed by atoms with Crippen LogP contribution in [0.25, 0.3) is 0 Å². The van der Waals surface area contributed by atoms with Crippen LogP contribution >= 0.6 is 0 Å². The summed E-state index contributed by atoms with van der Waals surface area (Å²) in [6.45, 7) is 4.49. The van der Waals surface area contributed by atoms with Crippen LogP contribution in [0.4, 0.5) is 0 Å². The number of nitrogens with one attached hydrogen (secondary N) is 2. The van der Waals surface area contributed by atoms with E-state index in [0.717, 1.165) is 38.5 Å². The van der Waals surface area contributed by atoms with Crippen LogP contribution in [-0.4, -0.2) is 55.0 Å². The number of unbranched alkanes of at least 4 members (excludes halogenated alkanes) is 5. The van der Waals surface area contributed by atoms with Crippen molar-refractivity contribution in [1.82, 2.24) is 14.9 Å². The number of amides is 1. The molecule has 1 saturated heterocycles. The fraction of sp³-hybridized carbons (Fsp3) is 0.667. The highest BCUT2D eigenvalue weighted by atomic mass is 16.6. The van der Waals surface area contributed by atoms with E-state index in [0.29, 0.717) is 19.6 Å². The zero-order chi connectivity index (χ0) is 21.9. The molecule has 30 heavy (non-hydrogen) atoms. The van der Waals surface area contributed by atoms with Crippen molar-refractivity contribution in [3.8, 4) is 0 Å². The van der Waals surface area contributed by atoms with Crippen LogP contribution in [-0.2, 0) is 14.2 Å². The lowest BCUT2D eigenvalue weighted by atomic mass is 10.1. The van der Waals surface area contributed by atoms with Gasteiger partial charge in [0.1, 0.15) is 17.9 Å². The van der Waals surface area contributed by atoms with Crippen molar-refractivity contribution >= 4 is 5.91 Å². The van der Waals surface area contributed by atoms with E-state index < -0.39 is 23.4 Å². The van der Waals surface area contributed by atoms with E-state index in [9.17, 15) is 14.4 Å². The van der Waals surface area contributed by atoms with Crippen LogP contribution in [0.1, 0.15) is 61.5 Å². The van der Waals surface area contributed by atoms with Gasteiger partial charge in [-0.2, -0.15) is 0 Å². The van der Waals surface area contributed by atoms with Gasteiger partial charge in [0.2, 0.25) is 0 Å². The molecule has 3 atom stereocenters. The second-order valence-corrected chi connectivity index (χ2v) is 7.40. The van der Waals surface area contributed by atoms with Crippen molar-refractivity contribution in [2.24, 2.45) is 0 Å². The topological polar surface area (TPSA) is 112 Å². The highest BCUT2D eigenvalue weighted by Crippen LogP contribution is 2.29. The van der Waals surface area contributed by atoms with Gasteiger partial charge in [-0.25, -0.2) is 4.79 Å². The summed E-state index contributed by atoms with van der Waals surface area (Å²) in [6, 6.07) is 0. The second-order valence-electron chi connectivity index (χ2n) is 7.40. The van der Waals surface area contributed by atoms with Crippen molar-refractivity contribution in [2.45, 2.75) is 63.4 Å². The molecule has 2 heterocycles. The molecule has 2 N–H and O–H groups in total.